The summed E-state index contributed by atoms with van der Waals surface area (Å²) in [6.07, 6.45) is 3.93. The van der Waals surface area contributed by atoms with Crippen molar-refractivity contribution < 1.29 is 13.6 Å². The lowest BCUT2D eigenvalue weighted by atomic mass is 10.1. The van der Waals surface area contributed by atoms with E-state index >= 15 is 0 Å². The molecule has 0 aliphatic heterocycles. The van der Waals surface area contributed by atoms with Crippen molar-refractivity contribution in [2.24, 2.45) is 0 Å². The molecule has 170 valence electrons. The van der Waals surface area contributed by atoms with Crippen LogP contribution in [0.4, 0.5) is 9.52 Å². The molecule has 0 aliphatic rings. The Kier molecular flexibility index (Phi) is 6.50. The largest absolute Gasteiger partial charge is 0.461 e. The van der Waals surface area contributed by atoms with E-state index in [1.54, 1.807) is 30.7 Å². The minimum atomic E-state index is -0.266. The number of thioether (sulfide) groups is 1. The number of rotatable bonds is 8. The lowest BCUT2D eigenvalue weighted by Gasteiger charge is -2.08. The van der Waals surface area contributed by atoms with E-state index < -0.39 is 0 Å². The Morgan fingerprint density at radius 3 is 2.65 bits per heavy atom. The molecule has 2 aromatic carbocycles. The highest BCUT2D eigenvalue weighted by molar-refractivity contribution is 7.99. The highest BCUT2D eigenvalue weighted by Crippen LogP contribution is 2.28. The minimum absolute atomic E-state index is 0.135. The SMILES string of the molecule is O=C(CSc1nnc(-c2ccco2)n1-c1ccccc1)Nc1ncc(Cc2ccc(F)cc2)s1. The van der Waals surface area contributed by atoms with Gasteiger partial charge in [-0.1, -0.05) is 42.1 Å². The van der Waals surface area contributed by atoms with Gasteiger partial charge in [0.2, 0.25) is 11.7 Å². The van der Waals surface area contributed by atoms with Gasteiger partial charge in [-0.15, -0.1) is 21.5 Å². The summed E-state index contributed by atoms with van der Waals surface area (Å²) < 4.78 is 20.5. The quantitative estimate of drug-likeness (QED) is 0.291. The van der Waals surface area contributed by atoms with Crippen LogP contribution in [-0.2, 0) is 11.2 Å². The van der Waals surface area contributed by atoms with Gasteiger partial charge in [0.05, 0.1) is 12.0 Å². The van der Waals surface area contributed by atoms with E-state index in [0.29, 0.717) is 28.3 Å². The van der Waals surface area contributed by atoms with E-state index in [9.17, 15) is 9.18 Å². The molecule has 1 N–H and O–H groups in total. The van der Waals surface area contributed by atoms with E-state index in [-0.39, 0.29) is 17.5 Å². The monoisotopic (exact) mass is 491 g/mol. The van der Waals surface area contributed by atoms with Gasteiger partial charge < -0.3 is 9.73 Å². The zero-order valence-electron chi connectivity index (χ0n) is 17.7. The van der Waals surface area contributed by atoms with Crippen LogP contribution in [0.25, 0.3) is 17.3 Å². The van der Waals surface area contributed by atoms with Crippen molar-refractivity contribution in [2.45, 2.75) is 11.6 Å². The third-order valence-electron chi connectivity index (χ3n) is 4.81. The molecule has 0 fully saturated rings. The summed E-state index contributed by atoms with van der Waals surface area (Å²) in [5.41, 5.74) is 1.85. The normalized spacial score (nSPS) is 11.0. The number of thiazole rings is 1. The average Bonchev–Trinajstić information content (AvgIpc) is 3.61. The maximum atomic E-state index is 13.1. The van der Waals surface area contributed by atoms with E-state index in [1.807, 2.05) is 41.0 Å². The molecule has 0 saturated heterocycles. The first kappa shape index (κ1) is 22.1. The first-order valence-electron chi connectivity index (χ1n) is 10.3. The summed E-state index contributed by atoms with van der Waals surface area (Å²) in [5.74, 6) is 0.817. The third kappa shape index (κ3) is 5.08. The molecule has 0 radical (unpaired) electrons. The van der Waals surface area contributed by atoms with E-state index in [4.69, 9.17) is 4.42 Å². The molecule has 0 atom stereocenters. The number of nitrogens with one attached hydrogen (secondary N) is 1. The molecule has 34 heavy (non-hydrogen) atoms. The van der Waals surface area contributed by atoms with Crippen molar-refractivity contribution in [3.05, 3.63) is 95.4 Å². The molecule has 5 aromatic rings. The molecule has 0 aliphatic carbocycles. The number of nitrogens with zero attached hydrogens (tertiary/aromatic N) is 4. The van der Waals surface area contributed by atoms with Crippen LogP contribution in [-0.4, -0.2) is 31.4 Å². The lowest BCUT2D eigenvalue weighted by Crippen LogP contribution is -2.14. The second-order valence-corrected chi connectivity index (χ2v) is 9.28. The van der Waals surface area contributed by atoms with Gasteiger partial charge in [-0.3, -0.25) is 9.36 Å². The molecule has 10 heteroatoms. The molecule has 0 unspecified atom stereocenters. The fourth-order valence-corrected chi connectivity index (χ4v) is 4.89. The molecule has 3 heterocycles. The number of aromatic nitrogens is 4. The topological polar surface area (TPSA) is 85.8 Å². The molecule has 5 rings (SSSR count). The number of amides is 1. The molecule has 0 spiro atoms. The number of hydrogen-bond donors (Lipinski definition) is 1. The van der Waals surface area contributed by atoms with E-state index in [2.05, 4.69) is 20.5 Å². The lowest BCUT2D eigenvalue weighted by molar-refractivity contribution is -0.113. The number of para-hydroxylation sites is 1. The summed E-state index contributed by atoms with van der Waals surface area (Å²) in [4.78, 5) is 17.9. The minimum Gasteiger partial charge on any atom is -0.461 e. The summed E-state index contributed by atoms with van der Waals surface area (Å²) in [6, 6.07) is 19.6. The number of carbonyl (C=O) groups excluding carboxylic acids is 1. The predicted molar refractivity (Wildman–Crippen MR) is 130 cm³/mol. The van der Waals surface area contributed by atoms with E-state index in [1.165, 1.54) is 35.2 Å². The van der Waals surface area contributed by atoms with Crippen molar-refractivity contribution in [1.29, 1.82) is 0 Å². The van der Waals surface area contributed by atoms with E-state index in [0.717, 1.165) is 16.1 Å². The summed E-state index contributed by atoms with van der Waals surface area (Å²) in [5, 5.41) is 12.5. The molecular formula is C24H18FN5O2S2. The van der Waals surface area contributed by atoms with Gasteiger partial charge in [0.15, 0.2) is 16.0 Å². The Hall–Kier alpha value is -3.76. The Balaban J connectivity index is 1.25. The van der Waals surface area contributed by atoms with Crippen molar-refractivity contribution >= 4 is 34.1 Å². The van der Waals surface area contributed by atoms with Crippen LogP contribution in [0.5, 0.6) is 0 Å². The molecule has 1 amide bonds. The van der Waals surface area contributed by atoms with Crippen molar-refractivity contribution in [2.75, 3.05) is 11.1 Å². The second-order valence-electron chi connectivity index (χ2n) is 7.23. The van der Waals surface area contributed by atoms with Crippen LogP contribution < -0.4 is 5.32 Å². The Bertz CT molecular complexity index is 1380. The summed E-state index contributed by atoms with van der Waals surface area (Å²) in [6.45, 7) is 0. The number of benzene rings is 2. The first-order valence-corrected chi connectivity index (χ1v) is 12.1. The molecule has 0 saturated carbocycles. The van der Waals surface area contributed by atoms with Crippen molar-refractivity contribution in [3.8, 4) is 17.3 Å². The van der Waals surface area contributed by atoms with Gasteiger partial charge in [0.25, 0.3) is 0 Å². The fraction of sp³-hybridized carbons (Fsp3) is 0.0833. The van der Waals surface area contributed by atoms with Gasteiger partial charge in [0.1, 0.15) is 5.82 Å². The number of halogens is 1. The van der Waals surface area contributed by atoms with Crippen LogP contribution in [0.15, 0.2) is 88.8 Å². The third-order valence-corrected chi connectivity index (χ3v) is 6.65. The van der Waals surface area contributed by atoms with Crippen molar-refractivity contribution in [3.63, 3.8) is 0 Å². The number of anilines is 1. The van der Waals surface area contributed by atoms with Gasteiger partial charge >= 0.3 is 0 Å². The fourth-order valence-electron chi connectivity index (χ4n) is 3.27. The zero-order chi connectivity index (χ0) is 23.3. The van der Waals surface area contributed by atoms with Crippen LogP contribution in [0.3, 0.4) is 0 Å². The van der Waals surface area contributed by atoms with Crippen LogP contribution >= 0.6 is 23.1 Å². The highest BCUT2D eigenvalue weighted by Gasteiger charge is 2.19. The maximum Gasteiger partial charge on any atom is 0.236 e. The number of furan rings is 1. The Morgan fingerprint density at radius 2 is 1.88 bits per heavy atom. The Morgan fingerprint density at radius 1 is 1.06 bits per heavy atom. The molecular weight excluding hydrogens is 473 g/mol. The number of hydrogen-bond acceptors (Lipinski definition) is 7. The molecule has 3 aromatic heterocycles. The van der Waals surface area contributed by atoms with Gasteiger partial charge in [-0.2, -0.15) is 0 Å². The zero-order valence-corrected chi connectivity index (χ0v) is 19.4. The van der Waals surface area contributed by atoms with Gasteiger partial charge in [-0.05, 0) is 42.0 Å². The first-order chi connectivity index (χ1) is 16.7. The van der Waals surface area contributed by atoms with Gasteiger partial charge in [0, 0.05) is 23.2 Å². The van der Waals surface area contributed by atoms with Crippen molar-refractivity contribution in [1.82, 2.24) is 19.7 Å². The molecule has 0 bridgehead atoms. The Labute approximate surface area is 202 Å². The summed E-state index contributed by atoms with van der Waals surface area (Å²) >= 11 is 2.67. The standard InChI is InChI=1S/C24H18FN5O2S2/c25-17-10-8-16(9-11-17)13-19-14-26-23(34-19)27-21(31)15-33-24-29-28-22(20-7-4-12-32-20)30(24)18-5-2-1-3-6-18/h1-12,14H,13,15H2,(H,26,27,31). The average molecular weight is 492 g/mol. The predicted octanol–water partition coefficient (Wildman–Crippen LogP) is 5.44. The molecule has 7 nitrogen and oxygen atoms in total. The van der Waals surface area contributed by atoms with Crippen LogP contribution in [0.1, 0.15) is 10.4 Å². The van der Waals surface area contributed by atoms with Gasteiger partial charge in [-0.25, -0.2) is 9.37 Å². The highest BCUT2D eigenvalue weighted by atomic mass is 32.2. The number of carbonyl (C=O) groups is 1. The van der Waals surface area contributed by atoms with Crippen LogP contribution in [0.2, 0.25) is 0 Å². The smallest absolute Gasteiger partial charge is 0.236 e. The second kappa shape index (κ2) is 10.0. The van der Waals surface area contributed by atoms with Crippen LogP contribution in [0, 0.1) is 5.82 Å². The maximum absolute atomic E-state index is 13.1. The summed E-state index contributed by atoms with van der Waals surface area (Å²) in [7, 11) is 0.